The molecule has 1 aliphatic heterocycles. The summed E-state index contributed by atoms with van der Waals surface area (Å²) < 4.78 is 43.7. The van der Waals surface area contributed by atoms with Gasteiger partial charge in [0.15, 0.2) is 0 Å². The number of carbonyl (C=O) groups excluding carboxylic acids is 3. The number of rotatable bonds is 20. The highest BCUT2D eigenvalue weighted by molar-refractivity contribution is 6.12. The van der Waals surface area contributed by atoms with E-state index in [9.17, 15) is 23.9 Å². The summed E-state index contributed by atoms with van der Waals surface area (Å²) in [5, 5.41) is 13.4. The third-order valence-electron chi connectivity index (χ3n) is 9.52. The second kappa shape index (κ2) is 21.2. The van der Waals surface area contributed by atoms with Gasteiger partial charge in [-0.1, -0.05) is 56.3 Å². The Kier molecular flexibility index (Phi) is 16.2. The van der Waals surface area contributed by atoms with Gasteiger partial charge in [-0.25, -0.2) is 9.18 Å². The van der Waals surface area contributed by atoms with Gasteiger partial charge >= 0.3 is 11.9 Å². The number of benzene rings is 3. The quantitative estimate of drug-likeness (QED) is 0.0672. The minimum atomic E-state index is -0.763. The van der Waals surface area contributed by atoms with E-state index in [2.05, 4.69) is 9.88 Å². The van der Waals surface area contributed by atoms with Gasteiger partial charge in [-0.05, 0) is 92.6 Å². The molecule has 0 unspecified atom stereocenters. The lowest BCUT2D eigenvalue weighted by Crippen LogP contribution is -2.33. The molecule has 3 aromatic carbocycles. The van der Waals surface area contributed by atoms with Crippen LogP contribution in [0, 0.1) is 5.82 Å². The summed E-state index contributed by atoms with van der Waals surface area (Å²) in [6.45, 7) is 11.9. The van der Waals surface area contributed by atoms with E-state index in [4.69, 9.17) is 23.7 Å². The summed E-state index contributed by atoms with van der Waals surface area (Å²) in [4.78, 5) is 38.4. The molecular weight excluding hydrogens is 744 g/mol. The number of carbonyl (C=O) groups is 3. The molecule has 2 N–H and O–H groups in total. The molecule has 1 aliphatic rings. The van der Waals surface area contributed by atoms with E-state index >= 15 is 0 Å². The number of anilines is 1. The zero-order valence-corrected chi connectivity index (χ0v) is 34.3. The maximum Gasteiger partial charge on any atom is 0.332 e. The van der Waals surface area contributed by atoms with Crippen molar-refractivity contribution in [2.45, 2.75) is 97.0 Å². The largest absolute Gasteiger partial charge is 0.462 e. The standard InChI is InChI=1S/C46H57FN2O9/c1-31(2)43-42(45(53)48-36-19-13-32(14-20-36)10-9-23-54-24-25-55-26-27-56-30-40(52)58-46(3,4)5)41(33-11-7-6-8-12-33)44(34-15-17-35(47)18-16-34)49(43)22-21-38-28-37(50)29-39(51)57-38/h6-8,11-20,31,37-38,50H,9-10,21-30H2,1-5H3,(H,48,53)/t37-,38-/m1/s1. The predicted molar refractivity (Wildman–Crippen MR) is 220 cm³/mol. The third-order valence-corrected chi connectivity index (χ3v) is 9.52. The minimum absolute atomic E-state index is 0.0225. The Hall–Kier alpha value is -4.88. The van der Waals surface area contributed by atoms with Crippen LogP contribution in [-0.4, -0.2) is 85.0 Å². The van der Waals surface area contributed by atoms with Crippen molar-refractivity contribution in [1.29, 1.82) is 0 Å². The molecule has 0 radical (unpaired) electrons. The van der Waals surface area contributed by atoms with Crippen molar-refractivity contribution in [3.63, 3.8) is 0 Å². The van der Waals surface area contributed by atoms with E-state index < -0.39 is 29.7 Å². The van der Waals surface area contributed by atoms with Gasteiger partial charge in [0, 0.05) is 42.9 Å². The molecule has 4 aromatic rings. The zero-order chi connectivity index (χ0) is 41.7. The second-order valence-electron chi connectivity index (χ2n) is 15.8. The first-order valence-corrected chi connectivity index (χ1v) is 20.1. The summed E-state index contributed by atoms with van der Waals surface area (Å²) in [5.74, 6) is -1.58. The maximum atomic E-state index is 14.6. The molecule has 1 aromatic heterocycles. The fourth-order valence-corrected chi connectivity index (χ4v) is 7.10. The van der Waals surface area contributed by atoms with E-state index in [1.54, 1.807) is 12.1 Å². The van der Waals surface area contributed by atoms with Crippen LogP contribution < -0.4 is 5.32 Å². The third kappa shape index (κ3) is 13.1. The normalized spacial score (nSPS) is 15.7. The van der Waals surface area contributed by atoms with Gasteiger partial charge in [-0.15, -0.1) is 0 Å². The van der Waals surface area contributed by atoms with Crippen molar-refractivity contribution >= 4 is 23.5 Å². The van der Waals surface area contributed by atoms with Crippen molar-refractivity contribution in [3.05, 3.63) is 102 Å². The van der Waals surface area contributed by atoms with E-state index in [-0.39, 0.29) is 30.7 Å². The Labute approximate surface area is 340 Å². The highest BCUT2D eigenvalue weighted by Crippen LogP contribution is 2.43. The Morgan fingerprint density at radius 1 is 0.897 bits per heavy atom. The second-order valence-corrected chi connectivity index (χ2v) is 15.8. The van der Waals surface area contributed by atoms with Crippen molar-refractivity contribution in [2.24, 2.45) is 0 Å². The molecule has 1 amide bonds. The fourth-order valence-electron chi connectivity index (χ4n) is 7.10. The minimum Gasteiger partial charge on any atom is -0.462 e. The first-order valence-electron chi connectivity index (χ1n) is 20.1. The molecule has 0 bridgehead atoms. The Morgan fingerprint density at radius 3 is 2.19 bits per heavy atom. The van der Waals surface area contributed by atoms with Crippen LogP contribution in [-0.2, 0) is 46.2 Å². The van der Waals surface area contributed by atoms with Crippen molar-refractivity contribution in [3.8, 4) is 22.4 Å². The molecule has 1 saturated heterocycles. The Bertz CT molecular complexity index is 1940. The first kappa shape index (κ1) is 44.2. The topological polar surface area (TPSA) is 135 Å². The summed E-state index contributed by atoms with van der Waals surface area (Å²) in [5.41, 5.74) is 5.58. The van der Waals surface area contributed by atoms with E-state index in [1.165, 1.54) is 12.1 Å². The van der Waals surface area contributed by atoms with Gasteiger partial charge in [0.25, 0.3) is 5.91 Å². The number of aromatic nitrogens is 1. The highest BCUT2D eigenvalue weighted by atomic mass is 19.1. The van der Waals surface area contributed by atoms with Gasteiger partial charge in [-0.2, -0.15) is 0 Å². The number of nitrogens with one attached hydrogen (secondary N) is 1. The summed E-state index contributed by atoms with van der Waals surface area (Å²) in [6.07, 6.45) is 1.10. The molecular formula is C46H57FN2O9. The molecule has 12 heteroatoms. The Balaban J connectivity index is 1.24. The number of aliphatic hydroxyl groups excluding tert-OH is 1. The molecule has 0 saturated carbocycles. The zero-order valence-electron chi connectivity index (χ0n) is 34.3. The molecule has 5 rings (SSSR count). The number of halogens is 1. The summed E-state index contributed by atoms with van der Waals surface area (Å²) in [7, 11) is 0. The average molecular weight is 801 g/mol. The summed E-state index contributed by atoms with van der Waals surface area (Å²) in [6, 6.07) is 23.7. The molecule has 11 nitrogen and oxygen atoms in total. The van der Waals surface area contributed by atoms with Crippen molar-refractivity contribution < 1.29 is 47.6 Å². The van der Waals surface area contributed by atoms with Crippen molar-refractivity contribution in [1.82, 2.24) is 4.57 Å². The molecule has 2 atom stereocenters. The van der Waals surface area contributed by atoms with Gasteiger partial charge in [0.1, 0.15) is 24.1 Å². The van der Waals surface area contributed by atoms with Crippen LogP contribution in [0.4, 0.5) is 10.1 Å². The van der Waals surface area contributed by atoms with Gasteiger partial charge < -0.3 is 38.7 Å². The lowest BCUT2D eigenvalue weighted by molar-refractivity contribution is -0.161. The molecule has 58 heavy (non-hydrogen) atoms. The Morgan fingerprint density at radius 2 is 1.55 bits per heavy atom. The molecule has 0 spiro atoms. The highest BCUT2D eigenvalue weighted by Gasteiger charge is 2.32. The number of aliphatic hydroxyl groups is 1. The van der Waals surface area contributed by atoms with Crippen LogP contribution in [0.2, 0.25) is 0 Å². The number of amides is 1. The number of ether oxygens (including phenoxy) is 5. The molecule has 1 fully saturated rings. The van der Waals surface area contributed by atoms with Gasteiger partial charge in [0.05, 0.1) is 50.2 Å². The van der Waals surface area contributed by atoms with Crippen LogP contribution in [0.5, 0.6) is 0 Å². The lowest BCUT2D eigenvalue weighted by Gasteiger charge is -2.27. The van der Waals surface area contributed by atoms with Crippen LogP contribution in [0.3, 0.4) is 0 Å². The van der Waals surface area contributed by atoms with Crippen LogP contribution in [0.1, 0.15) is 87.8 Å². The number of nitrogens with zero attached hydrogens (tertiary/aromatic N) is 1. The maximum absolute atomic E-state index is 14.6. The van der Waals surface area contributed by atoms with Crippen LogP contribution in [0.25, 0.3) is 22.4 Å². The number of esters is 2. The smallest absolute Gasteiger partial charge is 0.332 e. The van der Waals surface area contributed by atoms with E-state index in [0.717, 1.165) is 46.5 Å². The van der Waals surface area contributed by atoms with Gasteiger partial charge in [0.2, 0.25) is 0 Å². The molecule has 0 aliphatic carbocycles. The van der Waals surface area contributed by atoms with Crippen molar-refractivity contribution in [2.75, 3.05) is 45.0 Å². The fraction of sp³-hybridized carbons (Fsp3) is 0.457. The number of hydrogen-bond donors (Lipinski definition) is 2. The van der Waals surface area contributed by atoms with Gasteiger partial charge in [-0.3, -0.25) is 9.59 Å². The lowest BCUT2D eigenvalue weighted by atomic mass is 9.94. The number of cyclic esters (lactones) is 1. The predicted octanol–water partition coefficient (Wildman–Crippen LogP) is 8.12. The average Bonchev–Trinajstić information content (AvgIpc) is 3.52. The van der Waals surface area contributed by atoms with Crippen LogP contribution in [0.15, 0.2) is 78.9 Å². The monoisotopic (exact) mass is 800 g/mol. The number of aryl methyl sites for hydroxylation is 1. The van der Waals surface area contributed by atoms with E-state index in [0.29, 0.717) is 63.7 Å². The summed E-state index contributed by atoms with van der Waals surface area (Å²) >= 11 is 0. The van der Waals surface area contributed by atoms with E-state index in [1.807, 2.05) is 89.2 Å². The molecule has 312 valence electrons. The SMILES string of the molecule is CC(C)c1c(C(=O)Nc2ccc(CCCOCCOCCOCC(=O)OC(C)(C)C)cc2)c(-c2ccccc2)c(-c2ccc(F)cc2)n1CC[C@@H]1C[C@@H](O)CC(=O)O1. The first-order chi connectivity index (χ1) is 27.8. The van der Waals surface area contributed by atoms with Crippen LogP contribution >= 0.6 is 0 Å². The molecule has 2 heterocycles. The number of hydrogen-bond acceptors (Lipinski definition) is 9.